The largest absolute Gasteiger partial charge is 0.336 e. The lowest BCUT2D eigenvalue weighted by molar-refractivity contribution is 0.0763. The van der Waals surface area contributed by atoms with E-state index in [0.717, 1.165) is 69.1 Å². The molecule has 2 aromatic heterocycles. The van der Waals surface area contributed by atoms with Gasteiger partial charge in [-0.05, 0) is 32.7 Å². The van der Waals surface area contributed by atoms with Crippen molar-refractivity contribution in [1.29, 1.82) is 0 Å². The molecule has 0 radical (unpaired) electrons. The minimum atomic E-state index is 0.134. The van der Waals surface area contributed by atoms with Crippen molar-refractivity contribution in [1.82, 2.24) is 24.6 Å². The van der Waals surface area contributed by atoms with Crippen molar-refractivity contribution < 1.29 is 4.79 Å². The molecule has 2 aliphatic rings. The molecule has 8 heteroatoms. The van der Waals surface area contributed by atoms with Crippen LogP contribution in [-0.2, 0) is 25.9 Å². The minimum Gasteiger partial charge on any atom is -0.336 e. The number of carbonyl (C=O) groups excluding carboxylic acids is 1. The molecule has 0 N–H and O–H groups in total. The van der Waals surface area contributed by atoms with Gasteiger partial charge in [0.25, 0.3) is 5.91 Å². The van der Waals surface area contributed by atoms with E-state index < -0.39 is 0 Å². The van der Waals surface area contributed by atoms with E-state index in [-0.39, 0.29) is 5.91 Å². The standard InChI is InChI=1S/C20H29N5OS2/c1-3-6-25-18-5-4-16(23(2)12-15-13-28-14-21-15)11-17(18)19(22-25)20(26)24-7-9-27-10-8-24/h13-14,16H,3-12H2,1-2H3. The van der Waals surface area contributed by atoms with Crippen molar-refractivity contribution in [3.8, 4) is 0 Å². The summed E-state index contributed by atoms with van der Waals surface area (Å²) in [6.07, 6.45) is 4.05. The number of amides is 1. The van der Waals surface area contributed by atoms with Gasteiger partial charge in [0.05, 0.1) is 11.2 Å². The minimum absolute atomic E-state index is 0.134. The number of rotatable bonds is 6. The van der Waals surface area contributed by atoms with Gasteiger partial charge in [0.15, 0.2) is 5.69 Å². The van der Waals surface area contributed by atoms with Crippen molar-refractivity contribution in [2.45, 2.75) is 51.7 Å². The molecule has 3 heterocycles. The first-order valence-corrected chi connectivity index (χ1v) is 12.3. The number of fused-ring (bicyclic) bond motifs is 1. The van der Waals surface area contributed by atoms with Crippen molar-refractivity contribution in [3.63, 3.8) is 0 Å². The molecule has 1 amide bonds. The summed E-state index contributed by atoms with van der Waals surface area (Å²) >= 11 is 3.57. The summed E-state index contributed by atoms with van der Waals surface area (Å²) in [4.78, 5) is 22.1. The quantitative estimate of drug-likeness (QED) is 0.721. The SMILES string of the molecule is CCCn1nc(C(=O)N2CCSCC2)c2c1CCC(N(C)Cc1cscn1)C2. The van der Waals surface area contributed by atoms with Gasteiger partial charge in [-0.15, -0.1) is 11.3 Å². The zero-order chi connectivity index (χ0) is 19.5. The second kappa shape index (κ2) is 8.97. The lowest BCUT2D eigenvalue weighted by atomic mass is 9.90. The average molecular weight is 420 g/mol. The Labute approximate surface area is 175 Å². The molecule has 2 aromatic rings. The summed E-state index contributed by atoms with van der Waals surface area (Å²) in [5, 5.41) is 6.93. The average Bonchev–Trinajstić information content (AvgIpc) is 3.36. The maximum atomic E-state index is 13.2. The predicted octanol–water partition coefficient (Wildman–Crippen LogP) is 2.93. The van der Waals surface area contributed by atoms with Crippen LogP contribution in [0.5, 0.6) is 0 Å². The van der Waals surface area contributed by atoms with E-state index in [2.05, 4.69) is 33.9 Å². The summed E-state index contributed by atoms with van der Waals surface area (Å²) in [7, 11) is 2.18. The molecule has 1 unspecified atom stereocenters. The summed E-state index contributed by atoms with van der Waals surface area (Å²) in [6.45, 7) is 5.60. The fraction of sp³-hybridized carbons (Fsp3) is 0.650. The number of carbonyl (C=O) groups is 1. The number of hydrogen-bond donors (Lipinski definition) is 0. The highest BCUT2D eigenvalue weighted by Crippen LogP contribution is 2.29. The van der Waals surface area contributed by atoms with Gasteiger partial charge >= 0.3 is 0 Å². The number of aromatic nitrogens is 3. The van der Waals surface area contributed by atoms with E-state index in [1.807, 2.05) is 22.2 Å². The monoisotopic (exact) mass is 419 g/mol. The van der Waals surface area contributed by atoms with E-state index in [0.29, 0.717) is 11.7 Å². The third kappa shape index (κ3) is 4.14. The van der Waals surface area contributed by atoms with E-state index in [1.54, 1.807) is 11.3 Å². The summed E-state index contributed by atoms with van der Waals surface area (Å²) < 4.78 is 2.11. The highest BCUT2D eigenvalue weighted by molar-refractivity contribution is 7.99. The summed E-state index contributed by atoms with van der Waals surface area (Å²) in [5.74, 6) is 2.19. The van der Waals surface area contributed by atoms with Crippen LogP contribution in [0.25, 0.3) is 0 Å². The molecular formula is C20H29N5OS2. The van der Waals surface area contributed by atoms with Gasteiger partial charge in [-0.2, -0.15) is 16.9 Å². The molecule has 0 aromatic carbocycles. The summed E-state index contributed by atoms with van der Waals surface area (Å²) in [5.41, 5.74) is 6.21. The Hall–Kier alpha value is -1.38. The van der Waals surface area contributed by atoms with Gasteiger partial charge in [-0.25, -0.2) is 4.98 Å². The fourth-order valence-electron chi connectivity index (χ4n) is 4.23. The Morgan fingerprint density at radius 1 is 1.36 bits per heavy atom. The fourth-order valence-corrected chi connectivity index (χ4v) is 5.68. The van der Waals surface area contributed by atoms with Gasteiger partial charge in [0, 0.05) is 60.4 Å². The molecule has 1 aliphatic carbocycles. The van der Waals surface area contributed by atoms with Crippen molar-refractivity contribution in [3.05, 3.63) is 33.5 Å². The third-order valence-electron chi connectivity index (χ3n) is 5.78. The third-order valence-corrected chi connectivity index (χ3v) is 7.35. The molecule has 0 spiro atoms. The molecule has 1 fully saturated rings. The van der Waals surface area contributed by atoms with Gasteiger partial charge in [0.1, 0.15) is 0 Å². The van der Waals surface area contributed by atoms with Crippen molar-refractivity contribution >= 4 is 29.0 Å². The molecule has 0 saturated carbocycles. The maximum Gasteiger partial charge on any atom is 0.274 e. The number of hydrogen-bond acceptors (Lipinski definition) is 6. The van der Waals surface area contributed by atoms with Crippen molar-refractivity contribution in [2.24, 2.45) is 0 Å². The van der Waals surface area contributed by atoms with E-state index >= 15 is 0 Å². The molecule has 152 valence electrons. The number of nitrogens with zero attached hydrogens (tertiary/aromatic N) is 5. The highest BCUT2D eigenvalue weighted by atomic mass is 32.2. The molecule has 1 saturated heterocycles. The first kappa shape index (κ1) is 19.9. The Morgan fingerprint density at radius 2 is 2.18 bits per heavy atom. The second-order valence-electron chi connectivity index (χ2n) is 7.69. The van der Waals surface area contributed by atoms with Crippen LogP contribution in [0.4, 0.5) is 0 Å². The molecule has 1 atom stereocenters. The van der Waals surface area contributed by atoms with E-state index in [1.165, 1.54) is 11.3 Å². The molecule has 6 nitrogen and oxygen atoms in total. The van der Waals surface area contributed by atoms with E-state index in [4.69, 9.17) is 5.10 Å². The predicted molar refractivity (Wildman–Crippen MR) is 115 cm³/mol. The molecule has 4 rings (SSSR count). The van der Waals surface area contributed by atoms with Crippen LogP contribution in [0.2, 0.25) is 0 Å². The van der Waals surface area contributed by atoms with Crippen molar-refractivity contribution in [2.75, 3.05) is 31.6 Å². The molecule has 0 bridgehead atoms. The van der Waals surface area contributed by atoms with Crippen LogP contribution in [0.1, 0.15) is 47.2 Å². The van der Waals surface area contributed by atoms with Crippen LogP contribution < -0.4 is 0 Å². The first-order valence-electron chi connectivity index (χ1n) is 10.2. The van der Waals surface area contributed by atoms with Crippen LogP contribution in [0.3, 0.4) is 0 Å². The van der Waals surface area contributed by atoms with Crippen LogP contribution >= 0.6 is 23.1 Å². The maximum absolute atomic E-state index is 13.2. The zero-order valence-electron chi connectivity index (χ0n) is 16.8. The topological polar surface area (TPSA) is 54.3 Å². The molecule has 1 aliphatic heterocycles. The number of thiazole rings is 1. The molecular weight excluding hydrogens is 390 g/mol. The van der Waals surface area contributed by atoms with Gasteiger partial charge in [-0.1, -0.05) is 6.92 Å². The highest BCUT2D eigenvalue weighted by Gasteiger charge is 2.32. The summed E-state index contributed by atoms with van der Waals surface area (Å²) in [6, 6.07) is 0.428. The van der Waals surface area contributed by atoms with Crippen LogP contribution in [0.15, 0.2) is 10.9 Å². The number of likely N-dealkylation sites (N-methyl/N-ethyl adjacent to an activating group) is 1. The van der Waals surface area contributed by atoms with E-state index in [9.17, 15) is 4.79 Å². The number of thioether (sulfide) groups is 1. The zero-order valence-corrected chi connectivity index (χ0v) is 18.4. The Bertz CT molecular complexity index is 798. The lowest BCUT2D eigenvalue weighted by Crippen LogP contribution is -2.40. The second-order valence-corrected chi connectivity index (χ2v) is 9.64. The Kier molecular flexibility index (Phi) is 6.38. The normalized spacial score (nSPS) is 19.8. The smallest absolute Gasteiger partial charge is 0.274 e. The lowest BCUT2D eigenvalue weighted by Gasteiger charge is -2.32. The van der Waals surface area contributed by atoms with Gasteiger partial charge in [0.2, 0.25) is 0 Å². The van der Waals surface area contributed by atoms with Crippen LogP contribution in [0, 0.1) is 0 Å². The Morgan fingerprint density at radius 3 is 2.89 bits per heavy atom. The van der Waals surface area contributed by atoms with Gasteiger partial charge in [-0.3, -0.25) is 14.4 Å². The first-order chi connectivity index (χ1) is 13.7. The number of aryl methyl sites for hydroxylation is 1. The Balaban J connectivity index is 1.56. The van der Waals surface area contributed by atoms with Crippen LogP contribution in [-0.4, -0.2) is 68.2 Å². The van der Waals surface area contributed by atoms with Gasteiger partial charge < -0.3 is 4.90 Å². The molecule has 28 heavy (non-hydrogen) atoms.